The highest BCUT2D eigenvalue weighted by Gasteiger charge is 2.19. The Morgan fingerprint density at radius 3 is 2.68 bits per heavy atom. The van der Waals surface area contributed by atoms with Crippen LogP contribution in [0, 0.1) is 0 Å². The second-order valence-electron chi connectivity index (χ2n) is 3.49. The van der Waals surface area contributed by atoms with Crippen molar-refractivity contribution in [1.82, 2.24) is 0 Å². The molecule has 6 nitrogen and oxygen atoms in total. The van der Waals surface area contributed by atoms with E-state index < -0.39 is 21.7 Å². The van der Waals surface area contributed by atoms with Gasteiger partial charge in [-0.2, -0.15) is 0 Å². The van der Waals surface area contributed by atoms with Gasteiger partial charge in [0.2, 0.25) is 10.0 Å². The van der Waals surface area contributed by atoms with Gasteiger partial charge in [0.25, 0.3) is 0 Å². The lowest BCUT2D eigenvalue weighted by atomic mass is 10.2. The summed E-state index contributed by atoms with van der Waals surface area (Å²) in [6.07, 6.45) is 0. The number of nitrogens with one attached hydrogen (secondary N) is 1. The lowest BCUT2D eigenvalue weighted by Crippen LogP contribution is -2.25. The van der Waals surface area contributed by atoms with Crippen molar-refractivity contribution in [1.29, 1.82) is 0 Å². The van der Waals surface area contributed by atoms with Gasteiger partial charge in [-0.3, -0.25) is 9.52 Å². The van der Waals surface area contributed by atoms with Gasteiger partial charge < -0.3 is 10.5 Å². The Bertz CT molecular complexity index is 616. The van der Waals surface area contributed by atoms with Crippen LogP contribution in [0.15, 0.2) is 18.2 Å². The number of anilines is 1. The number of carbonyl (C=O) groups is 1. The molecule has 0 saturated heterocycles. The number of rotatable bonds is 5. The van der Waals surface area contributed by atoms with Crippen molar-refractivity contribution < 1.29 is 17.9 Å². The molecule has 0 spiro atoms. The Morgan fingerprint density at radius 1 is 1.53 bits per heavy atom. The summed E-state index contributed by atoms with van der Waals surface area (Å²) >= 11 is 10.6. The molecule has 0 aromatic heterocycles. The van der Waals surface area contributed by atoms with Crippen molar-refractivity contribution in [2.24, 2.45) is 5.73 Å². The summed E-state index contributed by atoms with van der Waals surface area (Å²) < 4.78 is 29.9. The van der Waals surface area contributed by atoms with Crippen LogP contribution in [0.3, 0.4) is 0 Å². The molecule has 19 heavy (non-hydrogen) atoms. The third-order valence-corrected chi connectivity index (χ3v) is 3.65. The summed E-state index contributed by atoms with van der Waals surface area (Å²) in [5, 5.41) is 0.302. The highest BCUT2D eigenvalue weighted by Crippen LogP contribution is 2.22. The molecular formula is C10H11ClN2O4S2. The summed E-state index contributed by atoms with van der Waals surface area (Å²) in [6, 6.07) is 4.36. The lowest BCUT2D eigenvalue weighted by Gasteiger charge is -2.11. The zero-order valence-corrected chi connectivity index (χ0v) is 12.2. The molecule has 1 aromatic carbocycles. The Morgan fingerprint density at radius 2 is 2.16 bits per heavy atom. The average Bonchev–Trinajstić information content (AvgIpc) is 2.27. The molecule has 0 amide bonds. The van der Waals surface area contributed by atoms with Gasteiger partial charge in [0.05, 0.1) is 12.8 Å². The number of hydrogen-bond acceptors (Lipinski definition) is 5. The fourth-order valence-corrected chi connectivity index (χ4v) is 2.59. The fraction of sp³-hybridized carbons (Fsp3) is 0.200. The molecule has 0 bridgehead atoms. The fourth-order valence-electron chi connectivity index (χ4n) is 1.23. The van der Waals surface area contributed by atoms with E-state index in [0.29, 0.717) is 10.6 Å². The molecule has 0 heterocycles. The van der Waals surface area contributed by atoms with Crippen LogP contribution in [-0.2, 0) is 19.6 Å². The molecule has 0 unspecified atom stereocenters. The zero-order chi connectivity index (χ0) is 14.6. The van der Waals surface area contributed by atoms with E-state index in [1.165, 1.54) is 18.2 Å². The van der Waals surface area contributed by atoms with Crippen molar-refractivity contribution in [3.63, 3.8) is 0 Å². The summed E-state index contributed by atoms with van der Waals surface area (Å²) in [6.45, 7) is 0. The van der Waals surface area contributed by atoms with Crippen LogP contribution < -0.4 is 10.5 Å². The minimum Gasteiger partial charge on any atom is -0.468 e. The van der Waals surface area contributed by atoms with Gasteiger partial charge in [-0.25, -0.2) is 8.42 Å². The summed E-state index contributed by atoms with van der Waals surface area (Å²) in [7, 11) is -2.82. The standard InChI is InChI=1S/C10H11ClN2O4S2/c1-17-9(14)5-19(15,16)13-8-4-6(11)2-3-7(8)10(12)18/h2-4,13H,5H2,1H3,(H2,12,18). The number of halogens is 1. The van der Waals surface area contributed by atoms with Crippen LogP contribution in [0.25, 0.3) is 0 Å². The lowest BCUT2D eigenvalue weighted by molar-refractivity contribution is -0.137. The van der Waals surface area contributed by atoms with Gasteiger partial charge in [-0.1, -0.05) is 23.8 Å². The minimum absolute atomic E-state index is 0.00688. The van der Waals surface area contributed by atoms with Crippen molar-refractivity contribution in [2.45, 2.75) is 0 Å². The van der Waals surface area contributed by atoms with E-state index in [2.05, 4.69) is 9.46 Å². The number of nitrogens with two attached hydrogens (primary N) is 1. The monoisotopic (exact) mass is 322 g/mol. The van der Waals surface area contributed by atoms with Crippen molar-refractivity contribution in [3.05, 3.63) is 28.8 Å². The molecule has 0 radical (unpaired) electrons. The van der Waals surface area contributed by atoms with Crippen LogP contribution in [0.1, 0.15) is 5.56 Å². The summed E-state index contributed by atoms with van der Waals surface area (Å²) in [4.78, 5) is 11.0. The van der Waals surface area contributed by atoms with Crippen LogP contribution >= 0.6 is 23.8 Å². The number of thiocarbonyl (C=S) groups is 1. The maximum atomic E-state index is 11.7. The molecule has 1 rings (SSSR count). The zero-order valence-electron chi connectivity index (χ0n) is 9.84. The first-order valence-corrected chi connectivity index (χ1v) is 7.35. The molecule has 0 aliphatic heterocycles. The van der Waals surface area contributed by atoms with E-state index in [9.17, 15) is 13.2 Å². The molecular weight excluding hydrogens is 312 g/mol. The Balaban J connectivity index is 3.08. The second-order valence-corrected chi connectivity index (χ2v) is 6.09. The molecule has 0 fully saturated rings. The third-order valence-electron chi connectivity index (χ3n) is 2.05. The van der Waals surface area contributed by atoms with E-state index in [1.54, 1.807) is 0 Å². The van der Waals surface area contributed by atoms with E-state index in [1.807, 2.05) is 0 Å². The van der Waals surface area contributed by atoms with E-state index in [-0.39, 0.29) is 10.7 Å². The minimum atomic E-state index is -3.92. The topological polar surface area (TPSA) is 98.5 Å². The van der Waals surface area contributed by atoms with Gasteiger partial charge in [-0.15, -0.1) is 0 Å². The van der Waals surface area contributed by atoms with Crippen molar-refractivity contribution in [3.8, 4) is 0 Å². The summed E-state index contributed by atoms with van der Waals surface area (Å²) in [5.74, 6) is -1.70. The van der Waals surface area contributed by atoms with Crippen molar-refractivity contribution in [2.75, 3.05) is 17.6 Å². The predicted octanol–water partition coefficient (Wildman–Crippen LogP) is 0.889. The van der Waals surface area contributed by atoms with Gasteiger partial charge >= 0.3 is 5.97 Å². The maximum Gasteiger partial charge on any atom is 0.322 e. The number of sulfonamides is 1. The highest BCUT2D eigenvalue weighted by atomic mass is 35.5. The molecule has 3 N–H and O–H groups in total. The Kier molecular flexibility index (Phi) is 5.10. The second kappa shape index (κ2) is 6.18. The van der Waals surface area contributed by atoms with Gasteiger partial charge in [0, 0.05) is 10.6 Å². The SMILES string of the molecule is COC(=O)CS(=O)(=O)Nc1cc(Cl)ccc1C(N)=S. The normalized spacial score (nSPS) is 10.8. The first-order chi connectivity index (χ1) is 8.75. The molecule has 104 valence electrons. The van der Waals surface area contributed by atoms with Crippen LogP contribution in [-0.4, -0.2) is 32.2 Å². The first-order valence-electron chi connectivity index (χ1n) is 4.92. The summed E-state index contributed by atoms with van der Waals surface area (Å²) in [5.41, 5.74) is 5.90. The van der Waals surface area contributed by atoms with Crippen LogP contribution in [0.2, 0.25) is 5.02 Å². The van der Waals surface area contributed by atoms with Crippen LogP contribution in [0.4, 0.5) is 5.69 Å². The molecule has 0 atom stereocenters. The van der Waals surface area contributed by atoms with E-state index in [0.717, 1.165) is 7.11 Å². The number of hydrogen-bond donors (Lipinski definition) is 2. The van der Waals surface area contributed by atoms with Gasteiger partial charge in [0.15, 0.2) is 5.75 Å². The Labute approximate surface area is 120 Å². The third kappa shape index (κ3) is 4.66. The largest absolute Gasteiger partial charge is 0.468 e. The van der Waals surface area contributed by atoms with Gasteiger partial charge in [-0.05, 0) is 18.2 Å². The molecule has 0 aliphatic rings. The predicted molar refractivity (Wildman–Crippen MR) is 76.8 cm³/mol. The number of methoxy groups -OCH3 is 1. The number of ether oxygens (including phenoxy) is 1. The highest BCUT2D eigenvalue weighted by molar-refractivity contribution is 7.93. The van der Waals surface area contributed by atoms with E-state index in [4.69, 9.17) is 29.6 Å². The molecule has 0 aliphatic carbocycles. The number of carbonyl (C=O) groups excluding carboxylic acids is 1. The quantitative estimate of drug-likeness (QED) is 0.617. The number of benzene rings is 1. The Hall–Kier alpha value is -1.38. The first kappa shape index (κ1) is 15.7. The van der Waals surface area contributed by atoms with Crippen molar-refractivity contribution >= 4 is 50.5 Å². The molecule has 9 heteroatoms. The smallest absolute Gasteiger partial charge is 0.322 e. The molecule has 0 saturated carbocycles. The van der Waals surface area contributed by atoms with E-state index >= 15 is 0 Å². The van der Waals surface area contributed by atoms with Gasteiger partial charge in [0.1, 0.15) is 4.99 Å². The maximum absolute atomic E-state index is 11.7. The average molecular weight is 323 g/mol. The number of esters is 1. The molecule has 1 aromatic rings. The van der Waals surface area contributed by atoms with Crippen LogP contribution in [0.5, 0.6) is 0 Å².